The van der Waals surface area contributed by atoms with Crippen LogP contribution in [0.5, 0.6) is 17.2 Å². The first-order valence-corrected chi connectivity index (χ1v) is 10.7. The molecule has 0 atom stereocenters. The average Bonchev–Trinajstić information content (AvgIpc) is 3.55. The number of amides is 1. The highest BCUT2D eigenvalue weighted by molar-refractivity contribution is 7.71. The van der Waals surface area contributed by atoms with Crippen molar-refractivity contribution in [1.29, 1.82) is 0 Å². The van der Waals surface area contributed by atoms with Gasteiger partial charge in [-0.1, -0.05) is 12.1 Å². The lowest BCUT2D eigenvalue weighted by Gasteiger charge is -2.08. The summed E-state index contributed by atoms with van der Waals surface area (Å²) in [4.78, 5) is 12.7. The Kier molecular flexibility index (Phi) is 5.57. The molecule has 2 aromatic carbocycles. The molecule has 0 bridgehead atoms. The van der Waals surface area contributed by atoms with Crippen molar-refractivity contribution in [2.45, 2.75) is 13.0 Å². The number of benzene rings is 2. The first-order chi connectivity index (χ1) is 16.1. The molecular weight excluding hydrogens is 442 g/mol. The molecule has 0 aliphatic carbocycles. The summed E-state index contributed by atoms with van der Waals surface area (Å²) in [6.07, 6.45) is 4.29. The molecule has 33 heavy (non-hydrogen) atoms. The molecule has 168 valence electrons. The van der Waals surface area contributed by atoms with Crippen molar-refractivity contribution in [3.63, 3.8) is 0 Å². The smallest absolute Gasteiger partial charge is 0.246 e. The molecule has 1 aliphatic heterocycles. The number of anilines is 1. The van der Waals surface area contributed by atoms with Gasteiger partial charge in [-0.15, -0.1) is 0 Å². The lowest BCUT2D eigenvalue weighted by atomic mass is 10.1. The van der Waals surface area contributed by atoms with Crippen LogP contribution in [-0.4, -0.2) is 38.9 Å². The summed E-state index contributed by atoms with van der Waals surface area (Å²) in [6.45, 7) is 0.146. The molecule has 5 rings (SSSR count). The van der Waals surface area contributed by atoms with Gasteiger partial charge < -0.3 is 19.5 Å². The third-order valence-electron chi connectivity index (χ3n) is 5.17. The van der Waals surface area contributed by atoms with E-state index in [-0.39, 0.29) is 19.2 Å². The van der Waals surface area contributed by atoms with E-state index >= 15 is 0 Å². The molecule has 0 saturated carbocycles. The Morgan fingerprint density at radius 2 is 1.88 bits per heavy atom. The number of hydrogen-bond donors (Lipinski definition) is 1. The van der Waals surface area contributed by atoms with Gasteiger partial charge in [-0.3, -0.25) is 9.47 Å². The summed E-state index contributed by atoms with van der Waals surface area (Å²) in [5, 5.41) is 7.52. The molecule has 1 amide bonds. The van der Waals surface area contributed by atoms with Crippen molar-refractivity contribution in [3.05, 3.63) is 83.1 Å². The fourth-order valence-corrected chi connectivity index (χ4v) is 3.89. The van der Waals surface area contributed by atoms with Crippen LogP contribution < -0.4 is 19.5 Å². The minimum Gasteiger partial charge on any atom is -0.497 e. The minimum absolute atomic E-state index is 0.0306. The van der Waals surface area contributed by atoms with Gasteiger partial charge in [-0.2, -0.15) is 5.10 Å². The monoisotopic (exact) mass is 463 g/mol. The normalized spacial score (nSPS) is 12.0. The second kappa shape index (κ2) is 8.83. The lowest BCUT2D eigenvalue weighted by Crippen LogP contribution is -2.20. The van der Waals surface area contributed by atoms with E-state index in [0.717, 1.165) is 11.3 Å². The minimum atomic E-state index is -0.252. The van der Waals surface area contributed by atoms with Crippen LogP contribution in [0.15, 0.2) is 67.0 Å². The number of carbonyl (C=O) groups excluding carboxylic acids is 1. The number of ether oxygens (including phenoxy) is 3. The van der Waals surface area contributed by atoms with Gasteiger partial charge in [-0.05, 0) is 54.2 Å². The van der Waals surface area contributed by atoms with Gasteiger partial charge in [0, 0.05) is 30.6 Å². The van der Waals surface area contributed by atoms with Crippen LogP contribution in [0.1, 0.15) is 11.4 Å². The van der Waals surface area contributed by atoms with Crippen LogP contribution >= 0.6 is 12.2 Å². The first-order valence-electron chi connectivity index (χ1n) is 10.3. The van der Waals surface area contributed by atoms with E-state index in [1.165, 1.54) is 4.68 Å². The van der Waals surface area contributed by atoms with Crippen molar-refractivity contribution < 1.29 is 19.0 Å². The zero-order valence-corrected chi connectivity index (χ0v) is 18.6. The van der Waals surface area contributed by atoms with Crippen LogP contribution in [0.2, 0.25) is 0 Å². The SMILES string of the molecule is COc1ccc(Cc2nn(CC(=O)Nc3ccc4c(c3)OCO4)c(=S)n2-n2cccc2)cc1. The van der Waals surface area contributed by atoms with E-state index in [2.05, 4.69) is 10.4 Å². The Balaban J connectivity index is 1.39. The number of nitrogens with zero attached hydrogens (tertiary/aromatic N) is 4. The van der Waals surface area contributed by atoms with E-state index < -0.39 is 0 Å². The predicted molar refractivity (Wildman–Crippen MR) is 123 cm³/mol. The van der Waals surface area contributed by atoms with Gasteiger partial charge in [0.25, 0.3) is 0 Å². The second-order valence-electron chi connectivity index (χ2n) is 7.37. The summed E-state index contributed by atoms with van der Waals surface area (Å²) in [7, 11) is 1.63. The number of fused-ring (bicyclic) bond motifs is 1. The van der Waals surface area contributed by atoms with Gasteiger partial charge in [0.05, 0.1) is 7.11 Å². The Labute approximate surface area is 194 Å². The maximum atomic E-state index is 12.7. The number of nitrogens with one attached hydrogen (secondary N) is 1. The fourth-order valence-electron chi connectivity index (χ4n) is 3.59. The van der Waals surface area contributed by atoms with Gasteiger partial charge >= 0.3 is 0 Å². The standard InChI is InChI=1S/C23H21N5O4S/c1-30-18-7-4-16(5-8-18)12-21-25-27(23(33)28(21)26-10-2-3-11-26)14-22(29)24-17-6-9-19-20(13-17)32-15-31-19/h2-11,13H,12,14-15H2,1H3,(H,24,29). The van der Waals surface area contributed by atoms with Crippen molar-refractivity contribution in [3.8, 4) is 17.2 Å². The van der Waals surface area contributed by atoms with Crippen molar-refractivity contribution in [1.82, 2.24) is 19.1 Å². The lowest BCUT2D eigenvalue weighted by molar-refractivity contribution is -0.116. The first kappa shape index (κ1) is 20.8. The van der Waals surface area contributed by atoms with E-state index in [0.29, 0.717) is 34.2 Å². The molecule has 2 aromatic heterocycles. The number of carbonyl (C=O) groups is 1. The Morgan fingerprint density at radius 3 is 2.64 bits per heavy atom. The molecule has 3 heterocycles. The molecule has 4 aromatic rings. The Bertz CT molecular complexity index is 1340. The highest BCUT2D eigenvalue weighted by Gasteiger charge is 2.17. The van der Waals surface area contributed by atoms with Gasteiger partial charge in [-0.25, -0.2) is 9.36 Å². The predicted octanol–water partition coefficient (Wildman–Crippen LogP) is 3.49. The summed E-state index contributed by atoms with van der Waals surface area (Å²) in [5.41, 5.74) is 1.65. The van der Waals surface area contributed by atoms with E-state index in [9.17, 15) is 4.79 Å². The topological polar surface area (TPSA) is 84.5 Å². The molecule has 9 nitrogen and oxygen atoms in total. The third kappa shape index (κ3) is 4.33. The fraction of sp³-hybridized carbons (Fsp3) is 0.174. The van der Waals surface area contributed by atoms with Gasteiger partial charge in [0.15, 0.2) is 17.3 Å². The average molecular weight is 464 g/mol. The van der Waals surface area contributed by atoms with Crippen LogP contribution in [0.3, 0.4) is 0 Å². The molecule has 10 heteroatoms. The largest absolute Gasteiger partial charge is 0.497 e. The highest BCUT2D eigenvalue weighted by atomic mass is 32.1. The second-order valence-corrected chi connectivity index (χ2v) is 7.74. The molecule has 0 fully saturated rings. The van der Waals surface area contributed by atoms with Crippen molar-refractivity contribution in [2.24, 2.45) is 0 Å². The number of methoxy groups -OCH3 is 1. The van der Waals surface area contributed by atoms with Crippen LogP contribution in [0.4, 0.5) is 5.69 Å². The van der Waals surface area contributed by atoms with E-state index in [1.54, 1.807) is 25.3 Å². The van der Waals surface area contributed by atoms with E-state index in [1.807, 2.05) is 58.1 Å². The molecule has 0 radical (unpaired) electrons. The van der Waals surface area contributed by atoms with Gasteiger partial charge in [0.2, 0.25) is 17.5 Å². The summed E-state index contributed by atoms with van der Waals surface area (Å²) in [5.74, 6) is 2.49. The van der Waals surface area contributed by atoms with E-state index in [4.69, 9.17) is 26.4 Å². The molecule has 1 aliphatic rings. The molecule has 1 N–H and O–H groups in total. The quantitative estimate of drug-likeness (QED) is 0.423. The van der Waals surface area contributed by atoms with Crippen molar-refractivity contribution in [2.75, 3.05) is 19.2 Å². The van der Waals surface area contributed by atoms with Crippen LogP contribution in [-0.2, 0) is 17.8 Å². The summed E-state index contributed by atoms with van der Waals surface area (Å²) in [6, 6.07) is 16.8. The summed E-state index contributed by atoms with van der Waals surface area (Å²) >= 11 is 5.67. The number of rotatable bonds is 7. The molecule has 0 unspecified atom stereocenters. The molecule has 0 spiro atoms. The third-order valence-corrected chi connectivity index (χ3v) is 5.56. The Hall–Kier alpha value is -4.05. The van der Waals surface area contributed by atoms with Crippen molar-refractivity contribution >= 4 is 23.8 Å². The van der Waals surface area contributed by atoms with Crippen LogP contribution in [0, 0.1) is 4.77 Å². The highest BCUT2D eigenvalue weighted by Crippen LogP contribution is 2.34. The number of aromatic nitrogens is 4. The zero-order chi connectivity index (χ0) is 22.8. The Morgan fingerprint density at radius 1 is 1.12 bits per heavy atom. The van der Waals surface area contributed by atoms with Crippen LogP contribution in [0.25, 0.3) is 0 Å². The maximum absolute atomic E-state index is 12.7. The number of hydrogen-bond acceptors (Lipinski definition) is 6. The zero-order valence-electron chi connectivity index (χ0n) is 17.8. The maximum Gasteiger partial charge on any atom is 0.246 e. The summed E-state index contributed by atoms with van der Waals surface area (Å²) < 4.78 is 21.5. The molecule has 0 saturated heterocycles. The molecular formula is C23H21N5O4S. The van der Waals surface area contributed by atoms with Gasteiger partial charge in [0.1, 0.15) is 12.3 Å².